The van der Waals surface area contributed by atoms with E-state index in [4.69, 9.17) is 16.3 Å². The zero-order valence-corrected chi connectivity index (χ0v) is 15.7. The van der Waals surface area contributed by atoms with Gasteiger partial charge in [0.25, 0.3) is 5.91 Å². The molecule has 1 heterocycles. The summed E-state index contributed by atoms with van der Waals surface area (Å²) in [7, 11) is 0. The summed E-state index contributed by atoms with van der Waals surface area (Å²) >= 11 is 6.06. The number of imide groups is 1. The Morgan fingerprint density at radius 2 is 2.04 bits per heavy atom. The molecule has 2 fully saturated rings. The predicted octanol–water partition coefficient (Wildman–Crippen LogP) is 2.72. The topological polar surface area (TPSA) is 78.9 Å². The van der Waals surface area contributed by atoms with Crippen molar-refractivity contribution in [2.45, 2.75) is 50.9 Å². The maximum atomic E-state index is 12.7. The maximum absolute atomic E-state index is 12.7. The summed E-state index contributed by atoms with van der Waals surface area (Å²) in [5.41, 5.74) is 0.0495. The van der Waals surface area contributed by atoms with Crippen molar-refractivity contribution in [1.82, 2.24) is 10.2 Å². The number of aliphatic hydroxyl groups is 1. The van der Waals surface area contributed by atoms with Crippen LogP contribution in [0.2, 0.25) is 5.02 Å². The Morgan fingerprint density at radius 1 is 1.35 bits per heavy atom. The third kappa shape index (κ3) is 4.03. The van der Waals surface area contributed by atoms with E-state index in [9.17, 15) is 14.7 Å². The van der Waals surface area contributed by atoms with Gasteiger partial charge in [-0.25, -0.2) is 4.79 Å². The fourth-order valence-electron chi connectivity index (χ4n) is 3.62. The van der Waals surface area contributed by atoms with Crippen LogP contribution in [0.5, 0.6) is 0 Å². The normalized spacial score (nSPS) is 27.0. The summed E-state index contributed by atoms with van der Waals surface area (Å²) < 4.78 is 5.49. The Morgan fingerprint density at radius 3 is 2.73 bits per heavy atom. The largest absolute Gasteiger partial charge is 0.389 e. The predicted molar refractivity (Wildman–Crippen MR) is 97.7 cm³/mol. The number of hydrogen-bond acceptors (Lipinski definition) is 4. The van der Waals surface area contributed by atoms with E-state index in [-0.39, 0.29) is 25.7 Å². The third-order valence-corrected chi connectivity index (χ3v) is 5.66. The number of carbonyl (C=O) groups excluding carboxylic acids is 2. The van der Waals surface area contributed by atoms with E-state index in [1.807, 2.05) is 18.2 Å². The van der Waals surface area contributed by atoms with Gasteiger partial charge in [-0.2, -0.15) is 0 Å². The number of nitrogens with zero attached hydrogens (tertiary/aromatic N) is 1. The highest BCUT2D eigenvalue weighted by molar-refractivity contribution is 6.31. The van der Waals surface area contributed by atoms with Crippen LogP contribution in [0, 0.1) is 5.92 Å². The lowest BCUT2D eigenvalue weighted by Crippen LogP contribution is -2.49. The number of ether oxygens (including phenoxy) is 1. The molecule has 1 aliphatic carbocycles. The second-order valence-electron chi connectivity index (χ2n) is 7.37. The molecule has 1 atom stereocenters. The summed E-state index contributed by atoms with van der Waals surface area (Å²) in [6.45, 7) is 2.38. The van der Waals surface area contributed by atoms with Crippen LogP contribution in [0.4, 0.5) is 4.79 Å². The van der Waals surface area contributed by atoms with E-state index in [1.165, 1.54) is 0 Å². The van der Waals surface area contributed by atoms with Crippen molar-refractivity contribution in [1.29, 1.82) is 0 Å². The molecule has 1 saturated heterocycles. The Kier molecular flexibility index (Phi) is 5.85. The van der Waals surface area contributed by atoms with Crippen LogP contribution < -0.4 is 5.32 Å². The molecule has 0 aromatic heterocycles. The fourth-order valence-corrected chi connectivity index (χ4v) is 3.81. The van der Waals surface area contributed by atoms with Gasteiger partial charge in [0.15, 0.2) is 0 Å². The molecule has 0 radical (unpaired) electrons. The number of aliphatic hydroxyl groups excluding tert-OH is 1. The van der Waals surface area contributed by atoms with Crippen molar-refractivity contribution in [3.05, 3.63) is 34.9 Å². The number of carbonyl (C=O) groups is 2. The maximum Gasteiger partial charge on any atom is 0.325 e. The lowest BCUT2D eigenvalue weighted by Gasteiger charge is -2.33. The van der Waals surface area contributed by atoms with Gasteiger partial charge >= 0.3 is 6.03 Å². The Hall–Kier alpha value is -1.63. The summed E-state index contributed by atoms with van der Waals surface area (Å²) in [5.74, 6) is 0.350. The number of halogens is 1. The highest BCUT2D eigenvalue weighted by Gasteiger charge is 2.52. The molecule has 26 heavy (non-hydrogen) atoms. The fraction of sp³-hybridized carbons (Fsp3) is 0.579. The average molecular weight is 381 g/mol. The zero-order chi connectivity index (χ0) is 18.7. The molecule has 2 aliphatic rings. The molecular formula is C19H25ClN2O4. The molecule has 1 aliphatic heterocycles. The molecule has 1 spiro atoms. The summed E-state index contributed by atoms with van der Waals surface area (Å²) in [4.78, 5) is 26.1. The molecule has 1 aromatic carbocycles. The van der Waals surface area contributed by atoms with Crippen LogP contribution >= 0.6 is 11.6 Å². The van der Waals surface area contributed by atoms with Crippen molar-refractivity contribution in [3.8, 4) is 0 Å². The van der Waals surface area contributed by atoms with Gasteiger partial charge in [0.2, 0.25) is 0 Å². The number of β-amino-alcohol motifs (C(OH)–C–C–N with tert-alkyl or cyclic N) is 1. The van der Waals surface area contributed by atoms with Crippen LogP contribution in [0.25, 0.3) is 0 Å². The van der Waals surface area contributed by atoms with Crippen LogP contribution in [0.1, 0.15) is 38.2 Å². The van der Waals surface area contributed by atoms with Gasteiger partial charge in [-0.3, -0.25) is 9.69 Å². The van der Waals surface area contributed by atoms with Crippen molar-refractivity contribution in [3.63, 3.8) is 0 Å². The molecule has 2 N–H and O–H groups in total. The lowest BCUT2D eigenvalue weighted by atomic mass is 9.77. The van der Waals surface area contributed by atoms with Gasteiger partial charge in [-0.15, -0.1) is 0 Å². The Balaban J connectivity index is 1.51. The van der Waals surface area contributed by atoms with Gasteiger partial charge in [-0.05, 0) is 43.2 Å². The molecule has 1 unspecified atom stereocenters. The number of nitrogens with one attached hydrogen (secondary N) is 1. The van der Waals surface area contributed by atoms with Gasteiger partial charge in [0, 0.05) is 5.02 Å². The van der Waals surface area contributed by atoms with Crippen molar-refractivity contribution in [2.24, 2.45) is 5.92 Å². The number of rotatable bonds is 6. The highest BCUT2D eigenvalue weighted by Crippen LogP contribution is 2.36. The number of urea groups is 1. The minimum absolute atomic E-state index is 0.0202. The second kappa shape index (κ2) is 7.94. The minimum Gasteiger partial charge on any atom is -0.389 e. The molecule has 3 rings (SSSR count). The van der Waals surface area contributed by atoms with Crippen LogP contribution in [0.15, 0.2) is 24.3 Å². The molecule has 3 amide bonds. The van der Waals surface area contributed by atoms with Crippen molar-refractivity contribution >= 4 is 23.5 Å². The van der Waals surface area contributed by atoms with Crippen LogP contribution in [-0.4, -0.2) is 46.7 Å². The summed E-state index contributed by atoms with van der Waals surface area (Å²) in [6.07, 6.45) is 2.22. The van der Waals surface area contributed by atoms with E-state index < -0.39 is 17.7 Å². The van der Waals surface area contributed by atoms with Gasteiger partial charge in [0.1, 0.15) is 5.54 Å². The SMILES string of the molecule is CC1CCC2(CC1)NC(=O)N(CC(O)COCc1ccccc1Cl)C2=O. The van der Waals surface area contributed by atoms with Crippen LogP contribution in [-0.2, 0) is 16.1 Å². The third-order valence-electron chi connectivity index (χ3n) is 5.29. The molecule has 6 nitrogen and oxygen atoms in total. The molecule has 7 heteroatoms. The van der Waals surface area contributed by atoms with E-state index in [0.717, 1.165) is 23.3 Å². The smallest absolute Gasteiger partial charge is 0.325 e. The summed E-state index contributed by atoms with van der Waals surface area (Å²) in [5, 5.41) is 13.6. The molecule has 0 bridgehead atoms. The number of hydrogen-bond donors (Lipinski definition) is 2. The Bertz CT molecular complexity index is 673. The first kappa shape index (κ1) is 19.1. The minimum atomic E-state index is -0.940. The van der Waals surface area contributed by atoms with Crippen LogP contribution in [0.3, 0.4) is 0 Å². The summed E-state index contributed by atoms with van der Waals surface area (Å²) in [6, 6.07) is 6.89. The molecule has 142 valence electrons. The first-order valence-corrected chi connectivity index (χ1v) is 9.42. The van der Waals surface area contributed by atoms with Gasteiger partial charge in [0.05, 0.1) is 25.9 Å². The number of amides is 3. The van der Waals surface area contributed by atoms with E-state index in [2.05, 4.69) is 12.2 Å². The van der Waals surface area contributed by atoms with Crippen molar-refractivity contribution in [2.75, 3.05) is 13.2 Å². The van der Waals surface area contributed by atoms with E-state index >= 15 is 0 Å². The average Bonchev–Trinajstić information content (AvgIpc) is 2.84. The first-order chi connectivity index (χ1) is 12.4. The van der Waals surface area contributed by atoms with E-state index in [1.54, 1.807) is 6.07 Å². The Labute approximate surface area is 158 Å². The van der Waals surface area contributed by atoms with Crippen molar-refractivity contribution < 1.29 is 19.4 Å². The molecule has 1 saturated carbocycles. The lowest BCUT2D eigenvalue weighted by molar-refractivity contribution is -0.134. The highest BCUT2D eigenvalue weighted by atomic mass is 35.5. The monoisotopic (exact) mass is 380 g/mol. The standard InChI is InChI=1S/C19H25ClN2O4/c1-13-6-8-19(9-7-13)17(24)22(18(25)21-19)10-15(23)12-26-11-14-4-2-3-5-16(14)20/h2-5,13,15,23H,6-12H2,1H3,(H,21,25). The molecular weight excluding hydrogens is 356 g/mol. The first-order valence-electron chi connectivity index (χ1n) is 9.04. The van der Waals surface area contributed by atoms with E-state index in [0.29, 0.717) is 23.8 Å². The van der Waals surface area contributed by atoms with Gasteiger partial charge in [-0.1, -0.05) is 36.7 Å². The molecule has 1 aromatic rings. The quantitative estimate of drug-likeness (QED) is 0.744. The number of benzene rings is 1. The zero-order valence-electron chi connectivity index (χ0n) is 14.9. The second-order valence-corrected chi connectivity index (χ2v) is 7.78. The van der Waals surface area contributed by atoms with Gasteiger partial charge < -0.3 is 15.2 Å².